The molecule has 1 heterocycles. The Hall–Kier alpha value is -1.69. The number of fused-ring (bicyclic) bond motifs is 1. The Bertz CT molecular complexity index is 743. The summed E-state index contributed by atoms with van der Waals surface area (Å²) in [5.74, 6) is 0.115. The van der Waals surface area contributed by atoms with Crippen molar-refractivity contribution in [2.45, 2.75) is 26.1 Å². The Kier molecular flexibility index (Phi) is 4.57. The van der Waals surface area contributed by atoms with Gasteiger partial charge in [0.1, 0.15) is 0 Å². The minimum Gasteiger partial charge on any atom is -0.309 e. The van der Waals surface area contributed by atoms with Crippen molar-refractivity contribution in [3.8, 4) is 0 Å². The van der Waals surface area contributed by atoms with Crippen LogP contribution in [0.2, 0.25) is 0 Å². The third-order valence-corrected chi connectivity index (χ3v) is 5.23. The summed E-state index contributed by atoms with van der Waals surface area (Å²) in [4.78, 5) is 0. The molecule has 4 nitrogen and oxygen atoms in total. The molecule has 0 fully saturated rings. The second-order valence-corrected chi connectivity index (χ2v) is 7.51. The van der Waals surface area contributed by atoms with E-state index in [4.69, 9.17) is 0 Å². The van der Waals surface area contributed by atoms with Gasteiger partial charge in [-0.2, -0.15) is 0 Å². The molecule has 0 aromatic heterocycles. The van der Waals surface area contributed by atoms with Crippen LogP contribution in [-0.4, -0.2) is 14.2 Å². The molecule has 22 heavy (non-hydrogen) atoms. The lowest BCUT2D eigenvalue weighted by Crippen LogP contribution is -2.26. The Morgan fingerprint density at radius 1 is 0.955 bits per heavy atom. The van der Waals surface area contributed by atoms with E-state index < -0.39 is 10.0 Å². The van der Waals surface area contributed by atoms with Gasteiger partial charge in [-0.1, -0.05) is 48.5 Å². The van der Waals surface area contributed by atoms with Crippen LogP contribution in [0.15, 0.2) is 48.5 Å². The van der Waals surface area contributed by atoms with Gasteiger partial charge in [0.2, 0.25) is 10.0 Å². The number of sulfonamides is 1. The smallest absolute Gasteiger partial charge is 0.212 e. The number of hydrogen-bond donors (Lipinski definition) is 2. The standard InChI is InChI=1S/C17H20N2O2S/c20-22(21,9-8-14-4-2-1-3-5-14)19-11-15-6-7-16-12-18-13-17(16)10-15/h1-7,10,18-19H,8-9,11-13H2. The summed E-state index contributed by atoms with van der Waals surface area (Å²) >= 11 is 0. The van der Waals surface area contributed by atoms with Gasteiger partial charge in [-0.05, 0) is 28.7 Å². The molecular weight excluding hydrogens is 296 g/mol. The minimum absolute atomic E-state index is 0.115. The van der Waals surface area contributed by atoms with Gasteiger partial charge in [-0.3, -0.25) is 0 Å². The van der Waals surface area contributed by atoms with Crippen molar-refractivity contribution >= 4 is 10.0 Å². The maximum Gasteiger partial charge on any atom is 0.212 e. The van der Waals surface area contributed by atoms with Gasteiger partial charge in [-0.25, -0.2) is 13.1 Å². The van der Waals surface area contributed by atoms with Crippen LogP contribution < -0.4 is 10.0 Å². The predicted octanol–water partition coefficient (Wildman–Crippen LogP) is 1.95. The second-order valence-electron chi connectivity index (χ2n) is 5.58. The van der Waals surface area contributed by atoms with E-state index in [1.54, 1.807) is 0 Å². The lowest BCUT2D eigenvalue weighted by molar-refractivity contribution is 0.580. The van der Waals surface area contributed by atoms with E-state index in [2.05, 4.69) is 22.2 Å². The fourth-order valence-corrected chi connectivity index (χ4v) is 3.66. The van der Waals surface area contributed by atoms with Crippen LogP contribution in [0.4, 0.5) is 0 Å². The first-order valence-corrected chi connectivity index (χ1v) is 9.10. The Labute approximate surface area is 131 Å². The SMILES string of the molecule is O=S(=O)(CCc1ccccc1)NCc1ccc2c(c1)CNC2. The Balaban J connectivity index is 1.56. The second kappa shape index (κ2) is 6.60. The molecular formula is C17H20N2O2S. The summed E-state index contributed by atoms with van der Waals surface area (Å²) in [7, 11) is -3.26. The molecule has 0 saturated heterocycles. The lowest BCUT2D eigenvalue weighted by Gasteiger charge is -2.08. The van der Waals surface area contributed by atoms with E-state index in [9.17, 15) is 8.42 Å². The predicted molar refractivity (Wildman–Crippen MR) is 87.8 cm³/mol. The first kappa shape index (κ1) is 15.2. The highest BCUT2D eigenvalue weighted by Gasteiger charge is 2.13. The highest BCUT2D eigenvalue weighted by atomic mass is 32.2. The van der Waals surface area contributed by atoms with Gasteiger partial charge in [0, 0.05) is 19.6 Å². The number of rotatable bonds is 6. The third kappa shape index (κ3) is 3.94. The average molecular weight is 316 g/mol. The molecule has 0 bridgehead atoms. The van der Waals surface area contributed by atoms with Crippen molar-refractivity contribution in [3.63, 3.8) is 0 Å². The van der Waals surface area contributed by atoms with Gasteiger partial charge in [-0.15, -0.1) is 0 Å². The fourth-order valence-electron chi connectivity index (χ4n) is 2.62. The summed E-state index contributed by atoms with van der Waals surface area (Å²) in [6.45, 7) is 2.12. The van der Waals surface area contributed by atoms with Crippen LogP contribution in [0, 0.1) is 0 Å². The van der Waals surface area contributed by atoms with Crippen molar-refractivity contribution in [1.29, 1.82) is 0 Å². The first-order chi connectivity index (χ1) is 10.6. The van der Waals surface area contributed by atoms with Gasteiger partial charge in [0.15, 0.2) is 0 Å². The molecule has 0 atom stereocenters. The summed E-state index contributed by atoms with van der Waals surface area (Å²) < 4.78 is 26.9. The van der Waals surface area contributed by atoms with Crippen LogP contribution in [0.1, 0.15) is 22.3 Å². The van der Waals surface area contributed by atoms with Crippen molar-refractivity contribution in [2.24, 2.45) is 0 Å². The molecule has 0 saturated carbocycles. The van der Waals surface area contributed by atoms with E-state index in [1.807, 2.05) is 36.4 Å². The lowest BCUT2D eigenvalue weighted by atomic mass is 10.1. The fraction of sp³-hybridized carbons (Fsp3) is 0.294. The normalized spacial score (nSPS) is 14.0. The number of hydrogen-bond acceptors (Lipinski definition) is 3. The Morgan fingerprint density at radius 2 is 1.73 bits per heavy atom. The first-order valence-electron chi connectivity index (χ1n) is 7.45. The van der Waals surface area contributed by atoms with Gasteiger partial charge < -0.3 is 5.32 Å². The van der Waals surface area contributed by atoms with Crippen molar-refractivity contribution in [3.05, 3.63) is 70.8 Å². The van der Waals surface area contributed by atoms with E-state index in [0.29, 0.717) is 13.0 Å². The van der Waals surface area contributed by atoms with Crippen LogP contribution >= 0.6 is 0 Å². The van der Waals surface area contributed by atoms with Crippen LogP contribution in [0.3, 0.4) is 0 Å². The minimum atomic E-state index is -3.26. The molecule has 2 N–H and O–H groups in total. The maximum atomic E-state index is 12.1. The zero-order valence-corrected chi connectivity index (χ0v) is 13.2. The molecule has 0 aliphatic carbocycles. The molecule has 0 amide bonds. The van der Waals surface area contributed by atoms with Crippen LogP contribution in [-0.2, 0) is 36.1 Å². The average Bonchev–Trinajstić information content (AvgIpc) is 3.00. The summed E-state index contributed by atoms with van der Waals surface area (Å²) in [6.07, 6.45) is 0.532. The van der Waals surface area contributed by atoms with E-state index in [1.165, 1.54) is 11.1 Å². The Morgan fingerprint density at radius 3 is 2.55 bits per heavy atom. The molecule has 0 spiro atoms. The van der Waals surface area contributed by atoms with Crippen LogP contribution in [0.25, 0.3) is 0 Å². The molecule has 2 aromatic carbocycles. The van der Waals surface area contributed by atoms with E-state index >= 15 is 0 Å². The molecule has 0 unspecified atom stereocenters. The summed E-state index contributed by atoms with van der Waals surface area (Å²) in [5, 5.41) is 3.29. The number of nitrogens with one attached hydrogen (secondary N) is 2. The molecule has 3 rings (SSSR count). The quantitative estimate of drug-likeness (QED) is 0.856. The van der Waals surface area contributed by atoms with Crippen molar-refractivity contribution in [1.82, 2.24) is 10.0 Å². The van der Waals surface area contributed by atoms with E-state index in [0.717, 1.165) is 24.2 Å². The molecule has 116 valence electrons. The summed E-state index contributed by atoms with van der Waals surface area (Å²) in [6, 6.07) is 15.8. The molecule has 5 heteroatoms. The monoisotopic (exact) mass is 316 g/mol. The molecule has 0 radical (unpaired) electrons. The van der Waals surface area contributed by atoms with E-state index in [-0.39, 0.29) is 5.75 Å². The third-order valence-electron chi connectivity index (χ3n) is 3.90. The van der Waals surface area contributed by atoms with Gasteiger partial charge >= 0.3 is 0 Å². The van der Waals surface area contributed by atoms with Crippen LogP contribution in [0.5, 0.6) is 0 Å². The molecule has 1 aliphatic rings. The molecule has 2 aromatic rings. The molecule has 1 aliphatic heterocycles. The zero-order valence-electron chi connectivity index (χ0n) is 12.4. The zero-order chi connectivity index (χ0) is 15.4. The van der Waals surface area contributed by atoms with Gasteiger partial charge in [0.25, 0.3) is 0 Å². The topological polar surface area (TPSA) is 58.2 Å². The highest BCUT2D eigenvalue weighted by Crippen LogP contribution is 2.17. The maximum absolute atomic E-state index is 12.1. The van der Waals surface area contributed by atoms with Crippen molar-refractivity contribution < 1.29 is 8.42 Å². The van der Waals surface area contributed by atoms with Gasteiger partial charge in [0.05, 0.1) is 5.75 Å². The number of aryl methyl sites for hydroxylation is 1. The highest BCUT2D eigenvalue weighted by molar-refractivity contribution is 7.89. The largest absolute Gasteiger partial charge is 0.309 e. The number of benzene rings is 2. The summed E-state index contributed by atoms with van der Waals surface area (Å²) in [5.41, 5.74) is 4.61. The van der Waals surface area contributed by atoms with Crippen molar-refractivity contribution in [2.75, 3.05) is 5.75 Å².